The van der Waals surface area contributed by atoms with Crippen LogP contribution in [-0.4, -0.2) is 6.04 Å². The fourth-order valence-corrected chi connectivity index (χ4v) is 2.38. The van der Waals surface area contributed by atoms with E-state index in [1.165, 1.54) is 16.7 Å². The molecule has 2 aromatic carbocycles. The van der Waals surface area contributed by atoms with Gasteiger partial charge in [0.15, 0.2) is 0 Å². The normalized spacial score (nSPS) is 12.4. The van der Waals surface area contributed by atoms with Crippen molar-refractivity contribution in [1.82, 2.24) is 0 Å². The number of benzene rings is 2. The molecule has 2 rings (SSSR count). The van der Waals surface area contributed by atoms with Gasteiger partial charge < -0.3 is 5.73 Å². The summed E-state index contributed by atoms with van der Waals surface area (Å²) < 4.78 is 0. The van der Waals surface area contributed by atoms with Crippen molar-refractivity contribution in [3.8, 4) is 11.1 Å². The Morgan fingerprint density at radius 1 is 1.16 bits per heavy atom. The lowest BCUT2D eigenvalue weighted by Gasteiger charge is -2.10. The topological polar surface area (TPSA) is 26.0 Å². The summed E-state index contributed by atoms with van der Waals surface area (Å²) in [7, 11) is 0. The molecule has 0 aromatic heterocycles. The zero-order chi connectivity index (χ0) is 13.8. The summed E-state index contributed by atoms with van der Waals surface area (Å²) in [5, 5.41) is 0.818. The predicted octanol–water partition coefficient (Wildman–Crippen LogP) is 4.60. The van der Waals surface area contributed by atoms with Gasteiger partial charge in [-0.05, 0) is 55.0 Å². The first-order chi connectivity index (χ1) is 9.08. The largest absolute Gasteiger partial charge is 0.328 e. The summed E-state index contributed by atoms with van der Waals surface area (Å²) in [6.07, 6.45) is 2.03. The molecule has 0 heterocycles. The highest BCUT2D eigenvalue weighted by atomic mass is 35.5. The molecule has 0 amide bonds. The van der Waals surface area contributed by atoms with E-state index < -0.39 is 0 Å². The van der Waals surface area contributed by atoms with Crippen LogP contribution in [-0.2, 0) is 6.42 Å². The van der Waals surface area contributed by atoms with Crippen molar-refractivity contribution in [2.75, 3.05) is 0 Å². The van der Waals surface area contributed by atoms with Crippen LogP contribution in [0.1, 0.15) is 24.5 Å². The van der Waals surface area contributed by atoms with E-state index in [1.54, 1.807) is 0 Å². The summed E-state index contributed by atoms with van der Waals surface area (Å²) in [6, 6.07) is 14.9. The smallest absolute Gasteiger partial charge is 0.0441 e. The number of rotatable bonds is 4. The average Bonchev–Trinajstić information content (AvgIpc) is 2.40. The average molecular weight is 274 g/mol. The Balaban J connectivity index is 2.30. The van der Waals surface area contributed by atoms with Gasteiger partial charge in [-0.1, -0.05) is 48.0 Å². The first-order valence-electron chi connectivity index (χ1n) is 6.68. The van der Waals surface area contributed by atoms with Crippen LogP contribution in [0.5, 0.6) is 0 Å². The van der Waals surface area contributed by atoms with Gasteiger partial charge in [0.05, 0.1) is 0 Å². The molecule has 0 aliphatic rings. The Kier molecular flexibility index (Phi) is 4.62. The highest BCUT2D eigenvalue weighted by molar-refractivity contribution is 6.31. The molecule has 0 radical (unpaired) electrons. The van der Waals surface area contributed by atoms with Gasteiger partial charge >= 0.3 is 0 Å². The Bertz CT molecular complexity index is 561. The molecule has 0 aliphatic heterocycles. The third-order valence-electron chi connectivity index (χ3n) is 3.39. The highest BCUT2D eigenvalue weighted by Crippen LogP contribution is 2.29. The van der Waals surface area contributed by atoms with Gasteiger partial charge in [-0.3, -0.25) is 0 Å². The van der Waals surface area contributed by atoms with E-state index in [4.69, 9.17) is 17.3 Å². The van der Waals surface area contributed by atoms with Crippen LogP contribution in [0.15, 0.2) is 42.5 Å². The van der Waals surface area contributed by atoms with Crippen molar-refractivity contribution in [3.63, 3.8) is 0 Å². The first kappa shape index (κ1) is 14.1. The molecular weight excluding hydrogens is 254 g/mol. The molecule has 100 valence electrons. The van der Waals surface area contributed by atoms with Crippen molar-refractivity contribution in [2.24, 2.45) is 5.73 Å². The van der Waals surface area contributed by atoms with Crippen LogP contribution < -0.4 is 5.73 Å². The molecule has 2 aromatic rings. The van der Waals surface area contributed by atoms with Crippen molar-refractivity contribution in [3.05, 3.63) is 58.6 Å². The summed E-state index contributed by atoms with van der Waals surface area (Å²) in [4.78, 5) is 0. The van der Waals surface area contributed by atoms with Gasteiger partial charge in [-0.15, -0.1) is 0 Å². The minimum absolute atomic E-state index is 0.247. The van der Waals surface area contributed by atoms with Gasteiger partial charge in [-0.25, -0.2) is 0 Å². The van der Waals surface area contributed by atoms with Crippen LogP contribution in [0.2, 0.25) is 5.02 Å². The third kappa shape index (κ3) is 3.59. The Morgan fingerprint density at radius 3 is 2.63 bits per heavy atom. The fourth-order valence-electron chi connectivity index (χ4n) is 2.21. The van der Waals surface area contributed by atoms with Gasteiger partial charge in [0.1, 0.15) is 0 Å². The monoisotopic (exact) mass is 273 g/mol. The van der Waals surface area contributed by atoms with Crippen LogP contribution >= 0.6 is 11.6 Å². The van der Waals surface area contributed by atoms with Gasteiger partial charge in [0.2, 0.25) is 0 Å². The van der Waals surface area contributed by atoms with Crippen LogP contribution in [0.4, 0.5) is 0 Å². The number of aryl methyl sites for hydroxylation is 1. The maximum absolute atomic E-state index is 6.19. The molecule has 19 heavy (non-hydrogen) atoms. The van der Waals surface area contributed by atoms with Gasteiger partial charge in [0, 0.05) is 11.1 Å². The van der Waals surface area contributed by atoms with Gasteiger partial charge in [0.25, 0.3) is 0 Å². The molecule has 0 fully saturated rings. The minimum atomic E-state index is 0.247. The second kappa shape index (κ2) is 6.23. The molecule has 0 bridgehead atoms. The highest BCUT2D eigenvalue weighted by Gasteiger charge is 2.05. The van der Waals surface area contributed by atoms with E-state index in [0.717, 1.165) is 23.4 Å². The van der Waals surface area contributed by atoms with Crippen molar-refractivity contribution >= 4 is 11.6 Å². The van der Waals surface area contributed by atoms with E-state index in [-0.39, 0.29) is 6.04 Å². The van der Waals surface area contributed by atoms with Crippen LogP contribution in [0.3, 0.4) is 0 Å². The maximum Gasteiger partial charge on any atom is 0.0441 e. The molecule has 2 N–H and O–H groups in total. The molecule has 0 saturated carbocycles. The summed E-state index contributed by atoms with van der Waals surface area (Å²) in [5.41, 5.74) is 10.7. The van der Waals surface area contributed by atoms with Crippen molar-refractivity contribution < 1.29 is 0 Å². The molecule has 2 heteroatoms. The zero-order valence-corrected chi connectivity index (χ0v) is 12.2. The lowest BCUT2D eigenvalue weighted by atomic mass is 9.97. The lowest BCUT2D eigenvalue weighted by Crippen LogP contribution is -2.15. The van der Waals surface area contributed by atoms with Gasteiger partial charge in [-0.2, -0.15) is 0 Å². The lowest BCUT2D eigenvalue weighted by molar-refractivity contribution is 0.666. The number of hydrogen-bond acceptors (Lipinski definition) is 1. The minimum Gasteiger partial charge on any atom is -0.328 e. The van der Waals surface area contributed by atoms with E-state index in [0.29, 0.717) is 0 Å². The van der Waals surface area contributed by atoms with Crippen molar-refractivity contribution in [1.29, 1.82) is 0 Å². The number of nitrogens with two attached hydrogens (primary N) is 1. The molecule has 1 nitrogen and oxygen atoms in total. The molecule has 1 atom stereocenters. The molecule has 0 spiro atoms. The summed E-state index contributed by atoms with van der Waals surface area (Å²) >= 11 is 6.19. The van der Waals surface area contributed by atoms with E-state index in [1.807, 2.05) is 19.1 Å². The van der Waals surface area contributed by atoms with Crippen LogP contribution in [0.25, 0.3) is 11.1 Å². The molecule has 0 saturated heterocycles. The number of hydrogen-bond donors (Lipinski definition) is 1. The Labute approximate surface area is 120 Å². The predicted molar refractivity (Wildman–Crippen MR) is 83.6 cm³/mol. The first-order valence-corrected chi connectivity index (χ1v) is 7.05. The number of halogens is 1. The SMILES string of the molecule is Cc1c(Cl)cccc1-c1cccc(CCC(C)N)c1. The van der Waals surface area contributed by atoms with Crippen LogP contribution in [0, 0.1) is 6.92 Å². The van der Waals surface area contributed by atoms with Crippen molar-refractivity contribution in [2.45, 2.75) is 32.7 Å². The molecular formula is C17H20ClN. The molecule has 1 unspecified atom stereocenters. The maximum atomic E-state index is 6.19. The van der Waals surface area contributed by atoms with E-state index in [2.05, 4.69) is 37.3 Å². The molecule has 0 aliphatic carbocycles. The zero-order valence-electron chi connectivity index (χ0n) is 11.5. The fraction of sp³-hybridized carbons (Fsp3) is 0.294. The third-order valence-corrected chi connectivity index (χ3v) is 3.80. The standard InChI is InChI=1S/C17H20ClN/c1-12(19)9-10-14-5-3-6-15(11-14)16-7-4-8-17(18)13(16)2/h3-8,11-12H,9-10,19H2,1-2H3. The quantitative estimate of drug-likeness (QED) is 0.866. The summed E-state index contributed by atoms with van der Waals surface area (Å²) in [6.45, 7) is 4.11. The second-order valence-electron chi connectivity index (χ2n) is 5.13. The van der Waals surface area contributed by atoms with E-state index >= 15 is 0 Å². The summed E-state index contributed by atoms with van der Waals surface area (Å²) in [5.74, 6) is 0. The van der Waals surface area contributed by atoms with E-state index in [9.17, 15) is 0 Å². The second-order valence-corrected chi connectivity index (χ2v) is 5.54. The Morgan fingerprint density at radius 2 is 1.89 bits per heavy atom. The Hall–Kier alpha value is -1.31.